The summed E-state index contributed by atoms with van der Waals surface area (Å²) in [5.74, 6) is -0.601. The lowest BCUT2D eigenvalue weighted by molar-refractivity contribution is -0.134. The van der Waals surface area contributed by atoms with Crippen molar-refractivity contribution in [3.8, 4) is 0 Å². The molecule has 1 fully saturated rings. The number of nitrogens with zero attached hydrogens (tertiary/aromatic N) is 1. The van der Waals surface area contributed by atoms with Crippen LogP contribution in [0.15, 0.2) is 12.1 Å². The first-order chi connectivity index (χ1) is 11.1. The molecule has 1 aromatic rings. The minimum atomic E-state index is -3.11. The van der Waals surface area contributed by atoms with Crippen LogP contribution < -0.4 is 5.32 Å². The van der Waals surface area contributed by atoms with E-state index in [9.17, 15) is 18.0 Å². The Kier molecular flexibility index (Phi) is 5.32. The van der Waals surface area contributed by atoms with Crippen molar-refractivity contribution in [3.05, 3.63) is 28.8 Å². The smallest absolute Gasteiger partial charge is 0.244 e. The highest BCUT2D eigenvalue weighted by Crippen LogP contribution is 2.22. The molecule has 0 radical (unpaired) electrons. The second kappa shape index (κ2) is 6.93. The molecule has 1 N–H and O–H groups in total. The normalized spacial score (nSPS) is 19.1. The summed E-state index contributed by atoms with van der Waals surface area (Å²) in [6.07, 6.45) is 0.387. The average Bonchev–Trinajstić information content (AvgIpc) is 2.79. The summed E-state index contributed by atoms with van der Waals surface area (Å²) in [5, 5.41) is 2.85. The Morgan fingerprint density at radius 2 is 1.79 bits per heavy atom. The minimum Gasteiger partial charge on any atom is -0.330 e. The Labute approximate surface area is 143 Å². The number of amides is 2. The summed E-state index contributed by atoms with van der Waals surface area (Å²) in [6, 6.07) is 3.54. The van der Waals surface area contributed by atoms with Crippen LogP contribution in [0, 0.1) is 20.8 Å². The van der Waals surface area contributed by atoms with E-state index in [1.165, 1.54) is 11.8 Å². The molecule has 2 amide bonds. The largest absolute Gasteiger partial charge is 0.330 e. The summed E-state index contributed by atoms with van der Waals surface area (Å²) in [6.45, 7) is 7.05. The van der Waals surface area contributed by atoms with Crippen molar-refractivity contribution in [1.29, 1.82) is 0 Å². The second-order valence-corrected chi connectivity index (χ2v) is 8.75. The molecule has 0 saturated carbocycles. The first-order valence-electron chi connectivity index (χ1n) is 7.94. The predicted octanol–water partition coefficient (Wildman–Crippen LogP) is 1.59. The van der Waals surface area contributed by atoms with Crippen LogP contribution in [-0.4, -0.2) is 49.2 Å². The summed E-state index contributed by atoms with van der Waals surface area (Å²) < 4.78 is 23.3. The van der Waals surface area contributed by atoms with Crippen LogP contribution in [0.25, 0.3) is 0 Å². The molecule has 1 atom stereocenters. The van der Waals surface area contributed by atoms with Gasteiger partial charge in [-0.05, 0) is 38.3 Å². The van der Waals surface area contributed by atoms with Gasteiger partial charge in [-0.1, -0.05) is 17.7 Å². The van der Waals surface area contributed by atoms with Crippen molar-refractivity contribution in [2.45, 2.75) is 40.2 Å². The third-order valence-electron chi connectivity index (χ3n) is 4.31. The Morgan fingerprint density at radius 3 is 2.25 bits per heavy atom. The van der Waals surface area contributed by atoms with E-state index < -0.39 is 15.9 Å². The number of rotatable bonds is 4. The van der Waals surface area contributed by atoms with E-state index in [1.54, 1.807) is 0 Å². The molecule has 6 nitrogen and oxygen atoms in total. The third kappa shape index (κ3) is 4.35. The van der Waals surface area contributed by atoms with Gasteiger partial charge >= 0.3 is 0 Å². The van der Waals surface area contributed by atoms with E-state index in [4.69, 9.17) is 0 Å². The van der Waals surface area contributed by atoms with Gasteiger partial charge in [0.2, 0.25) is 11.8 Å². The van der Waals surface area contributed by atoms with Gasteiger partial charge in [0.05, 0.1) is 11.5 Å². The number of benzene rings is 1. The van der Waals surface area contributed by atoms with Gasteiger partial charge in [0.25, 0.3) is 0 Å². The quantitative estimate of drug-likeness (QED) is 0.892. The molecule has 1 heterocycles. The Morgan fingerprint density at radius 1 is 1.21 bits per heavy atom. The van der Waals surface area contributed by atoms with Crippen LogP contribution in [0.2, 0.25) is 0 Å². The van der Waals surface area contributed by atoms with E-state index in [2.05, 4.69) is 5.32 Å². The summed E-state index contributed by atoms with van der Waals surface area (Å²) in [5.41, 5.74) is 3.77. The van der Waals surface area contributed by atoms with Gasteiger partial charge in [0, 0.05) is 18.7 Å². The number of sulfone groups is 1. The molecular weight excluding hydrogens is 328 g/mol. The highest BCUT2D eigenvalue weighted by molar-refractivity contribution is 7.91. The van der Waals surface area contributed by atoms with Crippen LogP contribution in [0.1, 0.15) is 30.0 Å². The van der Waals surface area contributed by atoms with Crippen molar-refractivity contribution in [2.75, 3.05) is 23.4 Å². The first-order valence-corrected chi connectivity index (χ1v) is 9.76. The van der Waals surface area contributed by atoms with Crippen LogP contribution in [0.3, 0.4) is 0 Å². The van der Waals surface area contributed by atoms with Gasteiger partial charge in [-0.2, -0.15) is 0 Å². The Balaban J connectivity index is 2.11. The van der Waals surface area contributed by atoms with Gasteiger partial charge in [-0.25, -0.2) is 8.42 Å². The van der Waals surface area contributed by atoms with Crippen LogP contribution >= 0.6 is 0 Å². The molecule has 0 spiro atoms. The van der Waals surface area contributed by atoms with Crippen LogP contribution in [-0.2, 0) is 19.4 Å². The van der Waals surface area contributed by atoms with Crippen molar-refractivity contribution in [3.63, 3.8) is 0 Å². The number of aryl methyl sites for hydroxylation is 3. The van der Waals surface area contributed by atoms with E-state index in [1.807, 2.05) is 32.9 Å². The number of hydrogen-bond acceptors (Lipinski definition) is 4. The molecule has 1 aromatic carbocycles. The van der Waals surface area contributed by atoms with Gasteiger partial charge in [0.1, 0.15) is 6.54 Å². The zero-order valence-electron chi connectivity index (χ0n) is 14.5. The monoisotopic (exact) mass is 352 g/mol. The van der Waals surface area contributed by atoms with Crippen molar-refractivity contribution in [2.24, 2.45) is 0 Å². The van der Waals surface area contributed by atoms with E-state index in [0.29, 0.717) is 6.42 Å². The number of anilines is 1. The molecule has 0 bridgehead atoms. The van der Waals surface area contributed by atoms with E-state index >= 15 is 0 Å². The molecular formula is C17H24N2O4S. The fourth-order valence-electron chi connectivity index (χ4n) is 3.23. The maximum absolute atomic E-state index is 12.4. The topological polar surface area (TPSA) is 83.6 Å². The van der Waals surface area contributed by atoms with E-state index in [-0.39, 0.29) is 29.9 Å². The van der Waals surface area contributed by atoms with Crippen molar-refractivity contribution >= 4 is 27.3 Å². The lowest BCUT2D eigenvalue weighted by Gasteiger charge is -2.26. The molecule has 1 aliphatic heterocycles. The molecule has 7 heteroatoms. The lowest BCUT2D eigenvalue weighted by Crippen LogP contribution is -2.44. The molecule has 132 valence electrons. The average molecular weight is 352 g/mol. The molecule has 1 unspecified atom stereocenters. The Hall–Kier alpha value is -1.89. The van der Waals surface area contributed by atoms with Gasteiger partial charge in [-0.15, -0.1) is 0 Å². The standard InChI is InChI=1S/C17H24N2O4S/c1-11-7-12(2)17(13(3)8-11)18-16(21)9-19(14(4)20)15-5-6-24(22,23)10-15/h7-8,15H,5-6,9-10H2,1-4H3,(H,18,21). The zero-order chi connectivity index (χ0) is 18.1. The van der Waals surface area contributed by atoms with Crippen molar-refractivity contribution < 1.29 is 18.0 Å². The number of nitrogens with one attached hydrogen (secondary N) is 1. The van der Waals surface area contributed by atoms with Gasteiger partial charge in [0.15, 0.2) is 9.84 Å². The molecule has 1 aliphatic rings. The molecule has 2 rings (SSSR count). The van der Waals surface area contributed by atoms with E-state index in [0.717, 1.165) is 22.4 Å². The lowest BCUT2D eigenvalue weighted by atomic mass is 10.1. The van der Waals surface area contributed by atoms with Gasteiger partial charge in [-0.3, -0.25) is 9.59 Å². The highest BCUT2D eigenvalue weighted by atomic mass is 32.2. The van der Waals surface area contributed by atoms with Gasteiger partial charge < -0.3 is 10.2 Å². The van der Waals surface area contributed by atoms with Crippen LogP contribution in [0.4, 0.5) is 5.69 Å². The fraction of sp³-hybridized carbons (Fsp3) is 0.529. The van der Waals surface area contributed by atoms with Crippen LogP contribution in [0.5, 0.6) is 0 Å². The predicted molar refractivity (Wildman–Crippen MR) is 93.7 cm³/mol. The maximum Gasteiger partial charge on any atom is 0.244 e. The third-order valence-corrected chi connectivity index (χ3v) is 6.06. The fourth-order valence-corrected chi connectivity index (χ4v) is 4.96. The molecule has 24 heavy (non-hydrogen) atoms. The zero-order valence-corrected chi connectivity index (χ0v) is 15.4. The summed E-state index contributed by atoms with van der Waals surface area (Å²) >= 11 is 0. The number of hydrogen-bond donors (Lipinski definition) is 1. The summed E-state index contributed by atoms with van der Waals surface area (Å²) in [4.78, 5) is 25.6. The molecule has 0 aromatic heterocycles. The van der Waals surface area contributed by atoms with Crippen molar-refractivity contribution in [1.82, 2.24) is 4.90 Å². The molecule has 1 saturated heterocycles. The first kappa shape index (κ1) is 18.4. The minimum absolute atomic E-state index is 0.0670. The second-order valence-electron chi connectivity index (χ2n) is 6.53. The number of carbonyl (C=O) groups is 2. The Bertz CT molecular complexity index is 748. The highest BCUT2D eigenvalue weighted by Gasteiger charge is 2.34. The summed E-state index contributed by atoms with van der Waals surface area (Å²) in [7, 11) is -3.11. The molecule has 0 aliphatic carbocycles. The SMILES string of the molecule is CC(=O)N(CC(=O)Nc1c(C)cc(C)cc1C)C1CCS(=O)(=O)C1. The maximum atomic E-state index is 12.4. The number of carbonyl (C=O) groups excluding carboxylic acids is 2.